The van der Waals surface area contributed by atoms with Crippen LogP contribution < -0.4 is 10.0 Å². The van der Waals surface area contributed by atoms with E-state index in [1.807, 2.05) is 30.3 Å². The van der Waals surface area contributed by atoms with Crippen LogP contribution in [0.4, 0.5) is 0 Å². The summed E-state index contributed by atoms with van der Waals surface area (Å²) in [5.41, 5.74) is 1.38. The van der Waals surface area contributed by atoms with E-state index >= 15 is 0 Å². The van der Waals surface area contributed by atoms with Gasteiger partial charge in [0.1, 0.15) is 4.21 Å². The summed E-state index contributed by atoms with van der Waals surface area (Å²) >= 11 is 1.04. The minimum atomic E-state index is -3.92. The van der Waals surface area contributed by atoms with Gasteiger partial charge in [0.05, 0.1) is 5.56 Å². The van der Waals surface area contributed by atoms with E-state index in [0.717, 1.165) is 21.8 Å². The molecule has 1 aromatic heterocycles. The molecule has 2 heterocycles. The summed E-state index contributed by atoms with van der Waals surface area (Å²) in [6, 6.07) is 8.73. The van der Waals surface area contributed by atoms with Crippen LogP contribution in [-0.2, 0) is 23.0 Å². The number of sulfonamides is 1. The van der Waals surface area contributed by atoms with Gasteiger partial charge in [-0.25, -0.2) is 17.9 Å². The summed E-state index contributed by atoms with van der Waals surface area (Å²) < 4.78 is 28.0. The smallest absolute Gasteiger partial charge is 0.338 e. The number of rotatable bonds is 5. The van der Waals surface area contributed by atoms with Crippen LogP contribution in [0.25, 0.3) is 0 Å². The van der Waals surface area contributed by atoms with Crippen LogP contribution in [0.5, 0.6) is 0 Å². The van der Waals surface area contributed by atoms with Gasteiger partial charge < -0.3 is 10.4 Å². The lowest BCUT2D eigenvalue weighted by Crippen LogP contribution is -2.28. The first-order chi connectivity index (χ1) is 11.4. The maximum Gasteiger partial charge on any atom is 0.338 e. The number of carboxylic acids is 1. The van der Waals surface area contributed by atoms with Crippen molar-refractivity contribution in [3.05, 3.63) is 51.9 Å². The van der Waals surface area contributed by atoms with Gasteiger partial charge in [0, 0.05) is 17.5 Å². The number of thiophene rings is 1. The van der Waals surface area contributed by atoms with Gasteiger partial charge in [-0.3, -0.25) is 0 Å². The van der Waals surface area contributed by atoms with E-state index in [1.54, 1.807) is 6.92 Å². The topological polar surface area (TPSA) is 95.5 Å². The molecule has 1 aliphatic rings. The molecule has 8 heteroatoms. The maximum absolute atomic E-state index is 12.8. The van der Waals surface area contributed by atoms with Crippen molar-refractivity contribution in [2.45, 2.75) is 30.1 Å². The van der Waals surface area contributed by atoms with Crippen molar-refractivity contribution < 1.29 is 18.3 Å². The summed E-state index contributed by atoms with van der Waals surface area (Å²) in [4.78, 5) is 12.4. The van der Waals surface area contributed by atoms with E-state index in [-0.39, 0.29) is 9.77 Å². The first kappa shape index (κ1) is 17.1. The first-order valence-corrected chi connectivity index (χ1v) is 9.86. The number of nitrogens with one attached hydrogen (secondary N) is 2. The average molecular weight is 366 g/mol. The molecule has 1 aromatic carbocycles. The van der Waals surface area contributed by atoms with Crippen LogP contribution in [-0.4, -0.2) is 26.0 Å². The summed E-state index contributed by atoms with van der Waals surface area (Å²) in [7, 11) is -3.92. The lowest BCUT2D eigenvalue weighted by molar-refractivity contribution is 0.0692. The highest BCUT2D eigenvalue weighted by Gasteiger charge is 2.32. The van der Waals surface area contributed by atoms with E-state index in [4.69, 9.17) is 0 Å². The van der Waals surface area contributed by atoms with Gasteiger partial charge in [-0.2, -0.15) is 0 Å². The van der Waals surface area contributed by atoms with E-state index < -0.39 is 22.0 Å². The molecule has 1 aliphatic heterocycles. The molecule has 2 aromatic rings. The quantitative estimate of drug-likeness (QED) is 0.753. The SMILES string of the molecule is C[C@H](NS(=O)(=O)c1sc2c(c1C(=O)O)CCNC2)c1ccccc1. The molecule has 0 fully saturated rings. The zero-order valence-corrected chi connectivity index (χ0v) is 14.7. The predicted octanol–water partition coefficient (Wildman–Crippen LogP) is 2.13. The molecule has 0 bridgehead atoms. The van der Waals surface area contributed by atoms with Crippen LogP contribution in [0.2, 0.25) is 0 Å². The fourth-order valence-electron chi connectivity index (χ4n) is 2.81. The minimum absolute atomic E-state index is 0.0794. The molecule has 0 radical (unpaired) electrons. The lowest BCUT2D eigenvalue weighted by Gasteiger charge is -2.14. The Kier molecular flexibility index (Phi) is 4.73. The molecule has 24 heavy (non-hydrogen) atoms. The number of carboxylic acid groups (broad SMARTS) is 1. The van der Waals surface area contributed by atoms with Crippen molar-refractivity contribution in [3.8, 4) is 0 Å². The minimum Gasteiger partial charge on any atom is -0.478 e. The van der Waals surface area contributed by atoms with Crippen LogP contribution in [0.1, 0.15) is 39.3 Å². The molecule has 0 saturated heterocycles. The monoisotopic (exact) mass is 366 g/mol. The number of hydrogen-bond donors (Lipinski definition) is 3. The zero-order valence-electron chi connectivity index (χ0n) is 13.1. The number of carbonyl (C=O) groups is 1. The largest absolute Gasteiger partial charge is 0.478 e. The van der Waals surface area contributed by atoms with Gasteiger partial charge in [-0.1, -0.05) is 30.3 Å². The molecule has 0 spiro atoms. The fraction of sp³-hybridized carbons (Fsp3) is 0.312. The molecule has 1 atom stereocenters. The van der Waals surface area contributed by atoms with E-state index in [2.05, 4.69) is 10.0 Å². The van der Waals surface area contributed by atoms with Crippen molar-refractivity contribution in [3.63, 3.8) is 0 Å². The Labute approximate surface area is 144 Å². The summed E-state index contributed by atoms with van der Waals surface area (Å²) in [6.07, 6.45) is 0.525. The molecule has 3 rings (SSSR count). The molecule has 128 valence electrons. The number of hydrogen-bond acceptors (Lipinski definition) is 5. The van der Waals surface area contributed by atoms with Crippen molar-refractivity contribution >= 4 is 27.3 Å². The fourth-order valence-corrected chi connectivity index (χ4v) is 5.92. The van der Waals surface area contributed by atoms with Gasteiger partial charge >= 0.3 is 5.97 Å². The zero-order chi connectivity index (χ0) is 17.3. The van der Waals surface area contributed by atoms with Crippen molar-refractivity contribution in [2.24, 2.45) is 0 Å². The Morgan fingerprint density at radius 2 is 2.04 bits per heavy atom. The highest BCUT2D eigenvalue weighted by Crippen LogP contribution is 2.35. The third-order valence-corrected chi connectivity index (χ3v) is 7.28. The Balaban J connectivity index is 1.98. The molecule has 0 unspecified atom stereocenters. The van der Waals surface area contributed by atoms with E-state index in [1.165, 1.54) is 0 Å². The molecule has 0 saturated carbocycles. The van der Waals surface area contributed by atoms with Crippen LogP contribution in [0, 0.1) is 0 Å². The molecule has 3 N–H and O–H groups in total. The Morgan fingerprint density at radius 1 is 1.33 bits per heavy atom. The number of fused-ring (bicyclic) bond motifs is 1. The second kappa shape index (κ2) is 6.64. The van der Waals surface area contributed by atoms with Gasteiger partial charge in [0.15, 0.2) is 0 Å². The van der Waals surface area contributed by atoms with Crippen molar-refractivity contribution in [1.29, 1.82) is 0 Å². The highest BCUT2D eigenvalue weighted by atomic mass is 32.2. The van der Waals surface area contributed by atoms with E-state index in [0.29, 0.717) is 25.1 Å². The molecular weight excluding hydrogens is 348 g/mol. The van der Waals surface area contributed by atoms with Gasteiger partial charge in [0.2, 0.25) is 0 Å². The van der Waals surface area contributed by atoms with Crippen LogP contribution in [0.15, 0.2) is 34.5 Å². The Bertz CT molecular complexity index is 860. The van der Waals surface area contributed by atoms with Crippen molar-refractivity contribution in [1.82, 2.24) is 10.0 Å². The first-order valence-electron chi connectivity index (χ1n) is 7.56. The average Bonchev–Trinajstić information content (AvgIpc) is 2.96. The second-order valence-electron chi connectivity index (χ2n) is 5.65. The van der Waals surface area contributed by atoms with Gasteiger partial charge in [-0.05, 0) is 31.0 Å². The standard InChI is InChI=1S/C16H18N2O4S2/c1-10(11-5-3-2-4-6-11)18-24(21,22)16-14(15(19)20)12-7-8-17-9-13(12)23-16/h2-6,10,17-18H,7-9H2,1H3,(H,19,20)/t10-/m0/s1. The van der Waals surface area contributed by atoms with Crippen molar-refractivity contribution in [2.75, 3.05) is 6.54 Å². The number of benzene rings is 1. The molecular formula is C16H18N2O4S2. The van der Waals surface area contributed by atoms with Crippen LogP contribution >= 0.6 is 11.3 Å². The lowest BCUT2D eigenvalue weighted by atomic mass is 10.1. The Morgan fingerprint density at radius 3 is 2.71 bits per heavy atom. The Hall–Kier alpha value is -1.74. The third-order valence-electron chi connectivity index (χ3n) is 3.99. The molecule has 6 nitrogen and oxygen atoms in total. The predicted molar refractivity (Wildman–Crippen MR) is 91.9 cm³/mol. The molecule has 0 amide bonds. The van der Waals surface area contributed by atoms with E-state index in [9.17, 15) is 18.3 Å². The summed E-state index contributed by atoms with van der Waals surface area (Å²) in [5.74, 6) is -1.19. The number of aromatic carboxylic acids is 1. The second-order valence-corrected chi connectivity index (χ2v) is 8.67. The van der Waals surface area contributed by atoms with Crippen LogP contribution in [0.3, 0.4) is 0 Å². The van der Waals surface area contributed by atoms with Gasteiger partial charge in [-0.15, -0.1) is 11.3 Å². The normalized spacial score (nSPS) is 15.7. The maximum atomic E-state index is 12.8. The third kappa shape index (κ3) is 3.23. The summed E-state index contributed by atoms with van der Waals surface area (Å²) in [5, 5.41) is 12.7. The summed E-state index contributed by atoms with van der Waals surface area (Å²) in [6.45, 7) is 2.89. The van der Waals surface area contributed by atoms with Gasteiger partial charge in [0.25, 0.3) is 10.0 Å². The molecule has 0 aliphatic carbocycles. The highest BCUT2D eigenvalue weighted by molar-refractivity contribution is 7.91.